The van der Waals surface area contributed by atoms with Gasteiger partial charge in [-0.15, -0.1) is 0 Å². The number of anilines is 4. The van der Waals surface area contributed by atoms with Crippen LogP contribution in [0.5, 0.6) is 0 Å². The fourth-order valence-corrected chi connectivity index (χ4v) is 2.37. The molecule has 0 bridgehead atoms. The van der Waals surface area contributed by atoms with E-state index in [0.717, 1.165) is 19.4 Å². The molecule has 1 heterocycles. The average Bonchev–Trinajstić information content (AvgIpc) is 2.51. The first-order chi connectivity index (χ1) is 10.5. The second-order valence-corrected chi connectivity index (χ2v) is 5.75. The van der Waals surface area contributed by atoms with Crippen LogP contribution in [0.4, 0.5) is 23.0 Å². The van der Waals surface area contributed by atoms with Crippen LogP contribution in [0, 0.1) is 0 Å². The number of rotatable bonds is 6. The summed E-state index contributed by atoms with van der Waals surface area (Å²) in [6.07, 6.45) is 3.66. The summed E-state index contributed by atoms with van der Waals surface area (Å²) in [5.74, 6) is 1.21. The fraction of sp³-hybridized carbons (Fsp3) is 0.333. The van der Waals surface area contributed by atoms with Crippen LogP contribution in [0.3, 0.4) is 0 Å². The Kier molecular flexibility index (Phi) is 5.69. The summed E-state index contributed by atoms with van der Waals surface area (Å²) in [5, 5.41) is 4.02. The summed E-state index contributed by atoms with van der Waals surface area (Å²) in [7, 11) is 1.96. The van der Waals surface area contributed by atoms with Crippen LogP contribution in [0.25, 0.3) is 0 Å². The van der Waals surface area contributed by atoms with Crippen LogP contribution < -0.4 is 16.0 Å². The third-order valence-corrected chi connectivity index (χ3v) is 4.10. The molecule has 0 unspecified atom stereocenters. The van der Waals surface area contributed by atoms with Crippen molar-refractivity contribution in [1.29, 1.82) is 0 Å². The molecule has 0 aliphatic carbocycles. The van der Waals surface area contributed by atoms with Gasteiger partial charge in [0.2, 0.25) is 0 Å². The molecule has 22 heavy (non-hydrogen) atoms. The normalized spacial score (nSPS) is 10.5. The highest BCUT2D eigenvalue weighted by Crippen LogP contribution is 2.34. The second-order valence-electron chi connectivity index (χ2n) is 4.96. The molecule has 0 saturated heterocycles. The third-order valence-electron chi connectivity index (χ3n) is 3.28. The Morgan fingerprint density at radius 2 is 2.05 bits per heavy atom. The zero-order valence-electron chi connectivity index (χ0n) is 12.6. The third kappa shape index (κ3) is 3.72. The maximum Gasteiger partial charge on any atom is 0.159 e. The number of halogens is 2. The summed E-state index contributed by atoms with van der Waals surface area (Å²) in [5.41, 5.74) is 7.32. The molecule has 0 aliphatic heterocycles. The maximum absolute atomic E-state index is 6.19. The van der Waals surface area contributed by atoms with E-state index in [0.29, 0.717) is 33.1 Å². The van der Waals surface area contributed by atoms with Gasteiger partial charge in [-0.2, -0.15) is 0 Å². The lowest BCUT2D eigenvalue weighted by molar-refractivity contribution is 0.759. The van der Waals surface area contributed by atoms with E-state index in [1.54, 1.807) is 6.07 Å². The van der Waals surface area contributed by atoms with Crippen molar-refractivity contribution in [2.75, 3.05) is 29.5 Å². The van der Waals surface area contributed by atoms with Gasteiger partial charge in [0, 0.05) is 13.6 Å². The lowest BCUT2D eigenvalue weighted by Crippen LogP contribution is -2.21. The molecule has 0 radical (unpaired) electrons. The van der Waals surface area contributed by atoms with Crippen molar-refractivity contribution < 1.29 is 0 Å². The molecule has 0 amide bonds. The average molecular weight is 340 g/mol. The highest BCUT2D eigenvalue weighted by atomic mass is 35.5. The Morgan fingerprint density at radius 1 is 1.27 bits per heavy atom. The van der Waals surface area contributed by atoms with Crippen LogP contribution in [-0.2, 0) is 0 Å². The van der Waals surface area contributed by atoms with Gasteiger partial charge in [0.15, 0.2) is 11.6 Å². The van der Waals surface area contributed by atoms with Crippen LogP contribution in [0.2, 0.25) is 10.0 Å². The van der Waals surface area contributed by atoms with E-state index in [9.17, 15) is 0 Å². The number of unbranched alkanes of at least 4 members (excludes halogenated alkanes) is 1. The SMILES string of the molecule is CCCCN(C)c1ncnc(Nc2cccc(Cl)c2Cl)c1N. The Hall–Kier alpha value is -1.72. The van der Waals surface area contributed by atoms with Crippen molar-refractivity contribution in [1.82, 2.24) is 9.97 Å². The highest BCUT2D eigenvalue weighted by Gasteiger charge is 2.13. The Morgan fingerprint density at radius 3 is 2.77 bits per heavy atom. The van der Waals surface area contributed by atoms with E-state index < -0.39 is 0 Å². The van der Waals surface area contributed by atoms with E-state index >= 15 is 0 Å². The van der Waals surface area contributed by atoms with Crippen molar-refractivity contribution in [2.45, 2.75) is 19.8 Å². The van der Waals surface area contributed by atoms with E-state index in [-0.39, 0.29) is 0 Å². The molecular formula is C15H19Cl2N5. The predicted octanol–water partition coefficient (Wildman–Crippen LogP) is 4.35. The first-order valence-corrected chi connectivity index (χ1v) is 7.82. The van der Waals surface area contributed by atoms with Gasteiger partial charge in [0.05, 0.1) is 15.7 Å². The Balaban J connectivity index is 2.27. The highest BCUT2D eigenvalue weighted by molar-refractivity contribution is 6.43. The minimum atomic E-state index is 0.433. The van der Waals surface area contributed by atoms with Gasteiger partial charge in [-0.05, 0) is 18.6 Å². The first kappa shape index (κ1) is 16.6. The Bertz CT molecular complexity index is 648. The van der Waals surface area contributed by atoms with Crippen LogP contribution in [0.1, 0.15) is 19.8 Å². The lowest BCUT2D eigenvalue weighted by atomic mass is 10.3. The number of nitrogens with two attached hydrogens (primary N) is 1. The molecule has 7 heteroatoms. The van der Waals surface area contributed by atoms with Crippen molar-refractivity contribution >= 4 is 46.2 Å². The molecule has 5 nitrogen and oxygen atoms in total. The monoisotopic (exact) mass is 339 g/mol. The number of benzene rings is 1. The summed E-state index contributed by atoms with van der Waals surface area (Å²) in [6, 6.07) is 5.35. The van der Waals surface area contributed by atoms with E-state index in [4.69, 9.17) is 28.9 Å². The zero-order valence-corrected chi connectivity index (χ0v) is 14.1. The summed E-state index contributed by atoms with van der Waals surface area (Å²) < 4.78 is 0. The molecule has 2 aromatic rings. The maximum atomic E-state index is 6.19. The molecule has 0 fully saturated rings. The number of hydrogen-bond donors (Lipinski definition) is 2. The van der Waals surface area contributed by atoms with Gasteiger partial charge in [0.1, 0.15) is 12.0 Å². The van der Waals surface area contributed by atoms with E-state index in [1.165, 1.54) is 6.33 Å². The second kappa shape index (κ2) is 7.51. The predicted molar refractivity (Wildman–Crippen MR) is 94.4 cm³/mol. The number of nitrogens with zero attached hydrogens (tertiary/aromatic N) is 3. The molecule has 1 aromatic heterocycles. The van der Waals surface area contributed by atoms with Gasteiger partial charge in [-0.25, -0.2) is 9.97 Å². The zero-order chi connectivity index (χ0) is 16.1. The minimum absolute atomic E-state index is 0.433. The van der Waals surface area contributed by atoms with Gasteiger partial charge < -0.3 is 16.0 Å². The lowest BCUT2D eigenvalue weighted by Gasteiger charge is -2.20. The van der Waals surface area contributed by atoms with Gasteiger partial charge >= 0.3 is 0 Å². The smallest absolute Gasteiger partial charge is 0.159 e. The first-order valence-electron chi connectivity index (χ1n) is 7.07. The van der Waals surface area contributed by atoms with Gasteiger partial charge in [-0.3, -0.25) is 0 Å². The van der Waals surface area contributed by atoms with Crippen LogP contribution in [-0.4, -0.2) is 23.6 Å². The standard InChI is InChI=1S/C15H19Cl2N5/c1-3-4-8-22(2)15-13(18)14(19-9-20-15)21-11-7-5-6-10(16)12(11)17/h5-7,9H,3-4,8,18H2,1-2H3,(H,19,20,21). The molecule has 0 saturated carbocycles. The molecule has 1 aromatic carbocycles. The molecule has 0 atom stereocenters. The van der Waals surface area contributed by atoms with E-state index in [2.05, 4.69) is 22.2 Å². The quantitative estimate of drug-likeness (QED) is 0.818. The molecule has 0 aliphatic rings. The molecule has 0 spiro atoms. The molecule has 118 valence electrons. The number of aromatic nitrogens is 2. The van der Waals surface area contributed by atoms with Crippen molar-refractivity contribution in [3.8, 4) is 0 Å². The van der Waals surface area contributed by atoms with E-state index in [1.807, 2.05) is 24.1 Å². The minimum Gasteiger partial charge on any atom is -0.393 e. The number of nitrogens with one attached hydrogen (secondary N) is 1. The molecule has 3 N–H and O–H groups in total. The van der Waals surface area contributed by atoms with Crippen molar-refractivity contribution in [3.05, 3.63) is 34.6 Å². The topological polar surface area (TPSA) is 67.1 Å². The molecule has 2 rings (SSSR count). The largest absolute Gasteiger partial charge is 0.393 e. The van der Waals surface area contributed by atoms with Crippen LogP contribution in [0.15, 0.2) is 24.5 Å². The number of nitrogen functional groups attached to an aromatic ring is 1. The van der Waals surface area contributed by atoms with Crippen molar-refractivity contribution in [3.63, 3.8) is 0 Å². The van der Waals surface area contributed by atoms with Crippen LogP contribution >= 0.6 is 23.2 Å². The number of hydrogen-bond acceptors (Lipinski definition) is 5. The summed E-state index contributed by atoms with van der Waals surface area (Å²) >= 11 is 12.2. The Labute approximate surface area is 140 Å². The molecular weight excluding hydrogens is 321 g/mol. The van der Waals surface area contributed by atoms with Crippen molar-refractivity contribution in [2.24, 2.45) is 0 Å². The summed E-state index contributed by atoms with van der Waals surface area (Å²) in [4.78, 5) is 10.5. The van der Waals surface area contributed by atoms with Gasteiger partial charge in [-0.1, -0.05) is 42.6 Å². The van der Waals surface area contributed by atoms with Gasteiger partial charge in [0.25, 0.3) is 0 Å². The summed E-state index contributed by atoms with van der Waals surface area (Å²) in [6.45, 7) is 3.03. The fourth-order valence-electron chi connectivity index (χ4n) is 2.02.